The topological polar surface area (TPSA) is 17.1 Å². The Morgan fingerprint density at radius 2 is 1.84 bits per heavy atom. The third-order valence-electron chi connectivity index (χ3n) is 2.89. The van der Waals surface area contributed by atoms with Crippen LogP contribution in [0.3, 0.4) is 0 Å². The number of hydrogen-bond donors (Lipinski definition) is 0. The van der Waals surface area contributed by atoms with Gasteiger partial charge in [-0.25, -0.2) is 0 Å². The van der Waals surface area contributed by atoms with Gasteiger partial charge in [-0.15, -0.1) is 0 Å². The summed E-state index contributed by atoms with van der Waals surface area (Å²) in [7, 11) is 0. The third kappa shape index (κ3) is 4.09. The van der Waals surface area contributed by atoms with E-state index in [-0.39, 0.29) is 5.78 Å². The summed E-state index contributed by atoms with van der Waals surface area (Å²) < 4.78 is 0. The van der Waals surface area contributed by atoms with Crippen molar-refractivity contribution in [2.45, 2.75) is 19.8 Å². The lowest BCUT2D eigenvalue weighted by Crippen LogP contribution is -2.07. The quantitative estimate of drug-likeness (QED) is 0.801. The van der Waals surface area contributed by atoms with Gasteiger partial charge < -0.3 is 0 Å². The van der Waals surface area contributed by atoms with Crippen molar-refractivity contribution in [3.63, 3.8) is 0 Å². The Balaban J connectivity index is 2.05. The lowest BCUT2D eigenvalue weighted by molar-refractivity contribution is -0.117. The lowest BCUT2D eigenvalue weighted by Gasteiger charge is -2.05. The first-order valence-corrected chi connectivity index (χ1v) is 6.81. The minimum atomic E-state index is 0.148. The first-order valence-electron chi connectivity index (χ1n) is 6.06. The molecule has 0 amide bonds. The van der Waals surface area contributed by atoms with Gasteiger partial charge in [0, 0.05) is 22.9 Å². The Labute approximate surface area is 123 Å². The molecule has 0 radical (unpaired) electrons. The first-order chi connectivity index (χ1) is 9.04. The number of carbonyl (C=O) groups is 1. The van der Waals surface area contributed by atoms with E-state index in [2.05, 4.69) is 0 Å². The number of aryl methyl sites for hydroxylation is 1. The minimum absolute atomic E-state index is 0.148. The Morgan fingerprint density at radius 1 is 1.05 bits per heavy atom. The van der Waals surface area contributed by atoms with Gasteiger partial charge in [-0.2, -0.15) is 0 Å². The van der Waals surface area contributed by atoms with Crippen LogP contribution in [-0.4, -0.2) is 5.78 Å². The molecule has 0 aromatic heterocycles. The van der Waals surface area contributed by atoms with Gasteiger partial charge in [0.2, 0.25) is 0 Å². The van der Waals surface area contributed by atoms with Gasteiger partial charge >= 0.3 is 0 Å². The van der Waals surface area contributed by atoms with Crippen LogP contribution >= 0.6 is 23.2 Å². The van der Waals surface area contributed by atoms with E-state index < -0.39 is 0 Å². The van der Waals surface area contributed by atoms with Crippen molar-refractivity contribution in [1.82, 2.24) is 0 Å². The summed E-state index contributed by atoms with van der Waals surface area (Å²) in [5, 5.41) is 1.13. The smallest absolute Gasteiger partial charge is 0.141 e. The predicted molar refractivity (Wildman–Crippen MR) is 80.1 cm³/mol. The maximum absolute atomic E-state index is 12.0. The fourth-order valence-electron chi connectivity index (χ4n) is 1.99. The van der Waals surface area contributed by atoms with Crippen molar-refractivity contribution in [2.75, 3.05) is 0 Å². The van der Waals surface area contributed by atoms with E-state index in [4.69, 9.17) is 23.2 Å². The van der Waals surface area contributed by atoms with Gasteiger partial charge in [-0.3, -0.25) is 4.79 Å². The van der Waals surface area contributed by atoms with Crippen LogP contribution in [0.15, 0.2) is 42.5 Å². The number of rotatable bonds is 4. The highest BCUT2D eigenvalue weighted by atomic mass is 35.5. The molecule has 0 saturated carbocycles. The summed E-state index contributed by atoms with van der Waals surface area (Å²) in [6, 6.07) is 13.2. The molecule has 0 aliphatic carbocycles. The molecule has 2 aromatic carbocycles. The largest absolute Gasteiger partial charge is 0.299 e. The Hall–Kier alpha value is -1.31. The third-order valence-corrected chi connectivity index (χ3v) is 3.47. The number of ketones is 1. The Morgan fingerprint density at radius 3 is 2.53 bits per heavy atom. The summed E-state index contributed by atoms with van der Waals surface area (Å²) in [4.78, 5) is 12.0. The van der Waals surface area contributed by atoms with E-state index in [1.165, 1.54) is 0 Å². The second-order valence-electron chi connectivity index (χ2n) is 4.62. The average Bonchev–Trinajstić information content (AvgIpc) is 2.33. The van der Waals surface area contributed by atoms with Crippen LogP contribution in [0.1, 0.15) is 16.7 Å². The second-order valence-corrected chi connectivity index (χ2v) is 5.46. The molecule has 0 aliphatic rings. The van der Waals surface area contributed by atoms with Crippen molar-refractivity contribution in [2.24, 2.45) is 0 Å². The minimum Gasteiger partial charge on any atom is -0.299 e. The number of hydrogen-bond acceptors (Lipinski definition) is 1. The number of halogens is 2. The molecule has 0 bridgehead atoms. The summed E-state index contributed by atoms with van der Waals surface area (Å²) in [6.45, 7) is 2.02. The maximum atomic E-state index is 12.0. The molecule has 0 saturated heterocycles. The Kier molecular flexibility index (Phi) is 4.62. The van der Waals surface area contributed by atoms with Crippen molar-refractivity contribution < 1.29 is 4.79 Å². The fourth-order valence-corrected chi connectivity index (χ4v) is 2.47. The van der Waals surface area contributed by atoms with Crippen LogP contribution in [0.4, 0.5) is 0 Å². The molecule has 1 nitrogen and oxygen atoms in total. The molecule has 0 unspecified atom stereocenters. The summed E-state index contributed by atoms with van der Waals surface area (Å²) in [5.41, 5.74) is 3.02. The molecule has 0 aliphatic heterocycles. The number of Topliss-reactive ketones (excluding diaryl/α,β-unsaturated/α-hetero) is 1. The zero-order chi connectivity index (χ0) is 13.8. The second kappa shape index (κ2) is 6.23. The van der Waals surface area contributed by atoms with E-state index in [0.717, 1.165) is 16.7 Å². The molecule has 2 rings (SSSR count). The molecule has 0 fully saturated rings. The zero-order valence-corrected chi connectivity index (χ0v) is 12.1. The summed E-state index contributed by atoms with van der Waals surface area (Å²) >= 11 is 11.9. The van der Waals surface area contributed by atoms with Crippen LogP contribution in [0.25, 0.3) is 0 Å². The molecular weight excluding hydrogens is 279 g/mol. The maximum Gasteiger partial charge on any atom is 0.141 e. The van der Waals surface area contributed by atoms with Crippen LogP contribution in [0.2, 0.25) is 10.0 Å². The van der Waals surface area contributed by atoms with Crippen molar-refractivity contribution >= 4 is 29.0 Å². The molecule has 0 spiro atoms. The van der Waals surface area contributed by atoms with E-state index in [1.54, 1.807) is 18.2 Å². The highest BCUT2D eigenvalue weighted by Crippen LogP contribution is 2.22. The number of benzene rings is 2. The van der Waals surface area contributed by atoms with Gasteiger partial charge in [0.1, 0.15) is 5.78 Å². The molecule has 0 N–H and O–H groups in total. The molecular formula is C16H14Cl2O. The van der Waals surface area contributed by atoms with E-state index in [9.17, 15) is 4.79 Å². The first kappa shape index (κ1) is 14.1. The van der Waals surface area contributed by atoms with E-state index >= 15 is 0 Å². The zero-order valence-electron chi connectivity index (χ0n) is 10.6. The highest BCUT2D eigenvalue weighted by Gasteiger charge is 2.08. The standard InChI is InChI=1S/C16H14Cl2O/c1-11-3-2-4-12(7-11)8-15(19)9-13-5-6-14(17)10-16(13)18/h2-7,10H,8-9H2,1H3. The number of carbonyl (C=O) groups excluding carboxylic acids is 1. The van der Waals surface area contributed by atoms with Gasteiger partial charge in [0.25, 0.3) is 0 Å². The monoisotopic (exact) mass is 292 g/mol. The highest BCUT2D eigenvalue weighted by molar-refractivity contribution is 6.35. The molecule has 0 heterocycles. The van der Waals surface area contributed by atoms with E-state index in [0.29, 0.717) is 22.9 Å². The van der Waals surface area contributed by atoms with Gasteiger partial charge in [0.05, 0.1) is 0 Å². The fraction of sp³-hybridized carbons (Fsp3) is 0.188. The normalized spacial score (nSPS) is 10.5. The molecule has 98 valence electrons. The molecule has 2 aromatic rings. The molecule has 3 heteroatoms. The van der Waals surface area contributed by atoms with Crippen molar-refractivity contribution in [3.05, 3.63) is 69.2 Å². The summed E-state index contributed by atoms with van der Waals surface area (Å²) in [6.07, 6.45) is 0.768. The van der Waals surface area contributed by atoms with E-state index in [1.807, 2.05) is 31.2 Å². The predicted octanol–water partition coefficient (Wildman–Crippen LogP) is 4.66. The van der Waals surface area contributed by atoms with Gasteiger partial charge in [-0.1, -0.05) is 59.1 Å². The van der Waals surface area contributed by atoms with Crippen LogP contribution in [0.5, 0.6) is 0 Å². The molecule has 19 heavy (non-hydrogen) atoms. The van der Waals surface area contributed by atoms with Crippen molar-refractivity contribution in [1.29, 1.82) is 0 Å². The average molecular weight is 293 g/mol. The van der Waals surface area contributed by atoms with Crippen LogP contribution in [0, 0.1) is 6.92 Å². The Bertz CT molecular complexity index is 605. The SMILES string of the molecule is Cc1cccc(CC(=O)Cc2ccc(Cl)cc2Cl)c1. The van der Waals surface area contributed by atoms with Crippen LogP contribution in [-0.2, 0) is 17.6 Å². The molecule has 0 atom stereocenters. The van der Waals surface area contributed by atoms with Gasteiger partial charge in [0.15, 0.2) is 0 Å². The van der Waals surface area contributed by atoms with Gasteiger partial charge in [-0.05, 0) is 30.2 Å². The summed E-state index contributed by atoms with van der Waals surface area (Å²) in [5.74, 6) is 0.148. The van der Waals surface area contributed by atoms with Crippen LogP contribution < -0.4 is 0 Å². The lowest BCUT2D eigenvalue weighted by atomic mass is 10.0. The van der Waals surface area contributed by atoms with Crippen molar-refractivity contribution in [3.8, 4) is 0 Å².